The van der Waals surface area contributed by atoms with E-state index in [0.29, 0.717) is 0 Å². The highest BCUT2D eigenvalue weighted by Gasteiger charge is 2.22. The lowest BCUT2D eigenvalue weighted by Crippen LogP contribution is -2.26. The van der Waals surface area contributed by atoms with Crippen LogP contribution in [0.1, 0.15) is 39.8 Å². The first-order valence-corrected chi connectivity index (χ1v) is 8.59. The summed E-state index contributed by atoms with van der Waals surface area (Å²) in [5, 5.41) is 7.79. The molecule has 2 aromatic rings. The summed E-state index contributed by atoms with van der Waals surface area (Å²) >= 11 is 0. The summed E-state index contributed by atoms with van der Waals surface area (Å²) in [6.07, 6.45) is 0.981. The van der Waals surface area contributed by atoms with E-state index in [0.717, 1.165) is 25.2 Å². The Morgan fingerprint density at radius 3 is 2.12 bits per heavy atom. The normalized spacial score (nSPS) is 16.8. The Hall–Kier alpha value is -2.13. The highest BCUT2D eigenvalue weighted by molar-refractivity contribution is 6.01. The van der Waals surface area contributed by atoms with E-state index in [1.807, 2.05) is 0 Å². The molecule has 2 aromatic carbocycles. The third kappa shape index (κ3) is 4.24. The molecule has 1 N–H and O–H groups in total. The minimum absolute atomic E-state index is 0.117. The summed E-state index contributed by atoms with van der Waals surface area (Å²) < 4.78 is 0. The lowest BCUT2D eigenvalue weighted by Gasteiger charge is -2.11. The van der Waals surface area contributed by atoms with Crippen molar-refractivity contribution in [3.8, 4) is 0 Å². The molecule has 1 atom stereocenters. The molecule has 3 nitrogen and oxygen atoms in total. The number of nitrogens with zero attached hydrogens (tertiary/aromatic N) is 1. The number of oxime groups is 1. The molecular formula is C21H26N2O. The second-order valence-corrected chi connectivity index (χ2v) is 6.97. The molecule has 0 amide bonds. The van der Waals surface area contributed by atoms with Crippen molar-refractivity contribution in [3.63, 3.8) is 0 Å². The standard InChI is InChI=1S/C21H26N2O/c1-14-5-15(2)8-18(7-14)12-22-13-20-11-21(23-24-20)19-9-16(3)6-17(4)10-19/h5-10,20,22H,11-13H2,1-4H3/t20-/m1/s1. The molecule has 0 saturated heterocycles. The predicted octanol–water partition coefficient (Wildman–Crippen LogP) is 4.20. The van der Waals surface area contributed by atoms with Gasteiger partial charge in [-0.15, -0.1) is 0 Å². The summed E-state index contributed by atoms with van der Waals surface area (Å²) in [7, 11) is 0. The lowest BCUT2D eigenvalue weighted by atomic mass is 10.0. The highest BCUT2D eigenvalue weighted by Crippen LogP contribution is 2.19. The van der Waals surface area contributed by atoms with Crippen LogP contribution < -0.4 is 5.32 Å². The van der Waals surface area contributed by atoms with Gasteiger partial charge in [-0.1, -0.05) is 63.8 Å². The zero-order valence-corrected chi connectivity index (χ0v) is 15.0. The molecule has 1 heterocycles. The average Bonchev–Trinajstić information content (AvgIpc) is 2.94. The first-order chi connectivity index (χ1) is 11.5. The van der Waals surface area contributed by atoms with Gasteiger partial charge in [0.25, 0.3) is 0 Å². The van der Waals surface area contributed by atoms with E-state index >= 15 is 0 Å². The Bertz CT molecular complexity index is 724. The topological polar surface area (TPSA) is 33.6 Å². The molecule has 0 fully saturated rings. The van der Waals surface area contributed by atoms with Crippen molar-refractivity contribution in [2.45, 2.75) is 46.8 Å². The predicted molar refractivity (Wildman–Crippen MR) is 99.6 cm³/mol. The summed E-state index contributed by atoms with van der Waals surface area (Å²) in [5.74, 6) is 0. The first-order valence-electron chi connectivity index (χ1n) is 8.59. The fourth-order valence-electron chi connectivity index (χ4n) is 3.40. The van der Waals surface area contributed by atoms with Gasteiger partial charge in [0.1, 0.15) is 6.10 Å². The summed E-state index contributed by atoms with van der Waals surface area (Å²) in [6, 6.07) is 13.2. The van der Waals surface area contributed by atoms with E-state index in [1.54, 1.807) is 0 Å². The van der Waals surface area contributed by atoms with Gasteiger partial charge in [0.05, 0.1) is 5.71 Å². The van der Waals surface area contributed by atoms with E-state index in [4.69, 9.17) is 4.84 Å². The van der Waals surface area contributed by atoms with Crippen LogP contribution >= 0.6 is 0 Å². The van der Waals surface area contributed by atoms with Crippen molar-refractivity contribution in [2.24, 2.45) is 5.16 Å². The zero-order chi connectivity index (χ0) is 17.1. The van der Waals surface area contributed by atoms with Crippen molar-refractivity contribution >= 4 is 5.71 Å². The zero-order valence-electron chi connectivity index (χ0n) is 15.0. The smallest absolute Gasteiger partial charge is 0.145 e. The molecule has 0 bridgehead atoms. The van der Waals surface area contributed by atoms with Crippen LogP contribution in [-0.4, -0.2) is 18.4 Å². The maximum atomic E-state index is 5.61. The van der Waals surface area contributed by atoms with Crippen molar-refractivity contribution in [1.29, 1.82) is 0 Å². The third-order valence-electron chi connectivity index (χ3n) is 4.27. The number of nitrogens with one attached hydrogen (secondary N) is 1. The second kappa shape index (κ2) is 7.18. The van der Waals surface area contributed by atoms with Crippen LogP contribution in [0.5, 0.6) is 0 Å². The number of aryl methyl sites for hydroxylation is 4. The third-order valence-corrected chi connectivity index (χ3v) is 4.27. The molecule has 126 valence electrons. The summed E-state index contributed by atoms with van der Waals surface area (Å²) in [5.41, 5.74) is 8.71. The Morgan fingerprint density at radius 1 is 0.917 bits per heavy atom. The van der Waals surface area contributed by atoms with E-state index < -0.39 is 0 Å². The molecule has 3 rings (SSSR count). The van der Waals surface area contributed by atoms with Crippen molar-refractivity contribution < 1.29 is 4.84 Å². The highest BCUT2D eigenvalue weighted by atomic mass is 16.6. The van der Waals surface area contributed by atoms with Crippen molar-refractivity contribution in [1.82, 2.24) is 5.32 Å². The van der Waals surface area contributed by atoms with Crippen LogP contribution in [0.3, 0.4) is 0 Å². The maximum Gasteiger partial charge on any atom is 0.145 e. The molecule has 0 radical (unpaired) electrons. The largest absolute Gasteiger partial charge is 0.390 e. The van der Waals surface area contributed by atoms with Crippen LogP contribution in [-0.2, 0) is 11.4 Å². The number of benzene rings is 2. The van der Waals surface area contributed by atoms with Gasteiger partial charge in [-0.3, -0.25) is 0 Å². The fourth-order valence-corrected chi connectivity index (χ4v) is 3.40. The second-order valence-electron chi connectivity index (χ2n) is 6.97. The van der Waals surface area contributed by atoms with Gasteiger partial charge in [-0.25, -0.2) is 0 Å². The Balaban J connectivity index is 1.52. The number of rotatable bonds is 5. The first kappa shape index (κ1) is 16.7. The summed E-state index contributed by atoms with van der Waals surface area (Å²) in [6.45, 7) is 10.2. The van der Waals surface area contributed by atoms with E-state index in [9.17, 15) is 0 Å². The Labute approximate surface area is 144 Å². The Morgan fingerprint density at radius 2 is 1.50 bits per heavy atom. The van der Waals surface area contributed by atoms with Gasteiger partial charge < -0.3 is 10.2 Å². The van der Waals surface area contributed by atoms with Crippen LogP contribution in [0, 0.1) is 27.7 Å². The molecule has 1 aliphatic rings. The molecule has 0 aliphatic carbocycles. The van der Waals surface area contributed by atoms with Crippen molar-refractivity contribution in [3.05, 3.63) is 69.8 Å². The molecule has 0 spiro atoms. The van der Waals surface area contributed by atoms with E-state index in [2.05, 4.69) is 74.6 Å². The molecule has 0 unspecified atom stereocenters. The van der Waals surface area contributed by atoms with Crippen molar-refractivity contribution in [2.75, 3.05) is 6.54 Å². The fraction of sp³-hybridized carbons (Fsp3) is 0.381. The minimum atomic E-state index is 0.117. The molecular weight excluding hydrogens is 296 g/mol. The molecule has 0 saturated carbocycles. The summed E-state index contributed by atoms with van der Waals surface area (Å²) in [4.78, 5) is 5.61. The Kier molecular flexibility index (Phi) is 5.00. The van der Waals surface area contributed by atoms with Gasteiger partial charge in [0.15, 0.2) is 0 Å². The van der Waals surface area contributed by atoms with Crippen LogP contribution in [0.2, 0.25) is 0 Å². The number of hydrogen-bond acceptors (Lipinski definition) is 3. The number of hydrogen-bond donors (Lipinski definition) is 1. The monoisotopic (exact) mass is 322 g/mol. The minimum Gasteiger partial charge on any atom is -0.390 e. The van der Waals surface area contributed by atoms with Crippen LogP contribution in [0.4, 0.5) is 0 Å². The van der Waals surface area contributed by atoms with Gasteiger partial charge >= 0.3 is 0 Å². The molecule has 24 heavy (non-hydrogen) atoms. The SMILES string of the molecule is Cc1cc(C)cc(CNC[C@H]2CC(c3cc(C)cc(C)c3)=NO2)c1. The van der Waals surface area contributed by atoms with E-state index in [-0.39, 0.29) is 6.10 Å². The molecule has 1 aliphatic heterocycles. The van der Waals surface area contributed by atoms with Crippen LogP contribution in [0.15, 0.2) is 41.6 Å². The molecule has 0 aromatic heterocycles. The maximum absolute atomic E-state index is 5.61. The molecule has 3 heteroatoms. The van der Waals surface area contributed by atoms with E-state index in [1.165, 1.54) is 33.4 Å². The quantitative estimate of drug-likeness (QED) is 0.895. The van der Waals surface area contributed by atoms with Gasteiger partial charge in [-0.05, 0) is 38.8 Å². The van der Waals surface area contributed by atoms with Gasteiger partial charge in [0.2, 0.25) is 0 Å². The average molecular weight is 322 g/mol. The van der Waals surface area contributed by atoms with Crippen LogP contribution in [0.25, 0.3) is 0 Å². The lowest BCUT2D eigenvalue weighted by molar-refractivity contribution is 0.0848. The van der Waals surface area contributed by atoms with Gasteiger partial charge in [0, 0.05) is 19.5 Å². The van der Waals surface area contributed by atoms with Gasteiger partial charge in [-0.2, -0.15) is 0 Å².